The lowest BCUT2D eigenvalue weighted by molar-refractivity contribution is -0.126. The molecule has 2 aromatic carbocycles. The molecule has 0 bridgehead atoms. The second kappa shape index (κ2) is 14.1. The first-order valence-corrected chi connectivity index (χ1v) is 14.9. The number of nitrogens with one attached hydrogen (secondary N) is 1. The fourth-order valence-electron chi connectivity index (χ4n) is 5.00. The van der Waals surface area contributed by atoms with Crippen LogP contribution in [0.3, 0.4) is 0 Å². The summed E-state index contributed by atoms with van der Waals surface area (Å²) in [5.74, 6) is 0.416. The van der Waals surface area contributed by atoms with Crippen LogP contribution >= 0.6 is 23.2 Å². The number of rotatable bonds is 12. The maximum atomic E-state index is 13.4. The summed E-state index contributed by atoms with van der Waals surface area (Å²) < 4.78 is 45.3. The number of amides is 1. The first-order valence-electron chi connectivity index (χ1n) is 12.7. The van der Waals surface area contributed by atoms with E-state index in [1.165, 1.54) is 37.4 Å². The Labute approximate surface area is 235 Å². The van der Waals surface area contributed by atoms with Crippen LogP contribution in [0.2, 0.25) is 10.0 Å². The normalized spacial score (nSPS) is 19.1. The molecule has 1 amide bonds. The summed E-state index contributed by atoms with van der Waals surface area (Å²) in [6.07, 6.45) is 4.09. The third-order valence-electron chi connectivity index (χ3n) is 7.06. The molecule has 1 aliphatic rings. The van der Waals surface area contributed by atoms with Crippen molar-refractivity contribution < 1.29 is 22.3 Å². The van der Waals surface area contributed by atoms with Crippen LogP contribution in [0.1, 0.15) is 37.3 Å². The van der Waals surface area contributed by atoms with Gasteiger partial charge in [0.1, 0.15) is 17.3 Å². The van der Waals surface area contributed by atoms with Gasteiger partial charge in [0, 0.05) is 31.2 Å². The van der Waals surface area contributed by atoms with Gasteiger partial charge in [-0.2, -0.15) is 4.31 Å². The Morgan fingerprint density at radius 3 is 2.34 bits per heavy atom. The summed E-state index contributed by atoms with van der Waals surface area (Å²) >= 11 is 11.9. The number of hydrogen-bond acceptors (Lipinski definition) is 5. The van der Waals surface area contributed by atoms with Crippen molar-refractivity contribution in [3.63, 3.8) is 0 Å². The van der Waals surface area contributed by atoms with Crippen molar-refractivity contribution in [3.05, 3.63) is 63.9 Å². The van der Waals surface area contributed by atoms with Crippen LogP contribution < -0.4 is 5.32 Å². The Balaban J connectivity index is 1.36. The van der Waals surface area contributed by atoms with E-state index in [0.29, 0.717) is 23.4 Å². The van der Waals surface area contributed by atoms with Gasteiger partial charge in [-0.25, -0.2) is 12.8 Å². The molecule has 0 aromatic heterocycles. The smallest absolute Gasteiger partial charge is 0.246 e. The molecule has 1 unspecified atom stereocenters. The Kier molecular flexibility index (Phi) is 11.4. The summed E-state index contributed by atoms with van der Waals surface area (Å²) in [7, 11) is 1.73. The predicted octanol–water partition coefficient (Wildman–Crippen LogP) is 5.00. The van der Waals surface area contributed by atoms with Gasteiger partial charge in [-0.15, -0.1) is 0 Å². The van der Waals surface area contributed by atoms with Gasteiger partial charge >= 0.3 is 0 Å². The lowest BCUT2D eigenvalue weighted by atomic mass is 9.76. The molecule has 2 aromatic rings. The minimum absolute atomic E-state index is 0.0342. The lowest BCUT2D eigenvalue weighted by Gasteiger charge is -2.37. The number of sulfonamides is 1. The van der Waals surface area contributed by atoms with Gasteiger partial charge in [0.2, 0.25) is 15.9 Å². The molecule has 1 saturated carbocycles. The fourth-order valence-corrected chi connectivity index (χ4v) is 6.90. The van der Waals surface area contributed by atoms with E-state index in [4.69, 9.17) is 27.9 Å². The van der Waals surface area contributed by atoms with Crippen LogP contribution in [0, 0.1) is 17.7 Å². The number of benzene rings is 2. The molecule has 0 aliphatic heterocycles. The van der Waals surface area contributed by atoms with Crippen molar-refractivity contribution >= 4 is 39.1 Å². The summed E-state index contributed by atoms with van der Waals surface area (Å²) in [5.41, 5.74) is 1.13. The lowest BCUT2D eigenvalue weighted by Crippen LogP contribution is -2.36. The average molecular weight is 589 g/mol. The zero-order valence-corrected chi connectivity index (χ0v) is 24.3. The van der Waals surface area contributed by atoms with Crippen molar-refractivity contribution in [2.75, 3.05) is 47.4 Å². The first-order chi connectivity index (χ1) is 18.0. The third-order valence-corrected chi connectivity index (χ3v) is 9.63. The van der Waals surface area contributed by atoms with Crippen LogP contribution in [0.15, 0.2) is 47.4 Å². The van der Waals surface area contributed by atoms with Crippen LogP contribution in [-0.2, 0) is 19.6 Å². The number of halogens is 3. The second-order valence-corrected chi connectivity index (χ2v) is 12.9. The van der Waals surface area contributed by atoms with E-state index >= 15 is 0 Å². The predicted molar refractivity (Wildman–Crippen MR) is 148 cm³/mol. The molecule has 1 N–H and O–H groups in total. The number of carbonyl (C=O) groups is 1. The van der Waals surface area contributed by atoms with Crippen LogP contribution in [0.5, 0.6) is 0 Å². The van der Waals surface area contributed by atoms with Gasteiger partial charge in [0.25, 0.3) is 0 Å². The number of likely N-dealkylation sites (N-methyl/N-ethyl adjacent to an activating group) is 1. The highest BCUT2D eigenvalue weighted by molar-refractivity contribution is 7.89. The van der Waals surface area contributed by atoms with E-state index < -0.39 is 10.0 Å². The monoisotopic (exact) mass is 587 g/mol. The van der Waals surface area contributed by atoms with Crippen molar-refractivity contribution in [2.45, 2.75) is 36.6 Å². The molecular formula is C27H36Cl2FN3O4S. The molecule has 0 saturated heterocycles. The highest BCUT2D eigenvalue weighted by Crippen LogP contribution is 2.39. The maximum absolute atomic E-state index is 13.4. The van der Waals surface area contributed by atoms with Crippen LogP contribution in [0.4, 0.5) is 4.39 Å². The van der Waals surface area contributed by atoms with Gasteiger partial charge in [0.05, 0.1) is 11.6 Å². The second-order valence-electron chi connectivity index (χ2n) is 10.00. The molecule has 0 heterocycles. The maximum Gasteiger partial charge on any atom is 0.246 e. The van der Waals surface area contributed by atoms with Crippen molar-refractivity contribution in [3.8, 4) is 0 Å². The molecule has 1 aliphatic carbocycles. The fraction of sp³-hybridized carbons (Fsp3) is 0.519. The SMILES string of the molecule is CN(C)C(c1ccc(F)cc1)C1CCC(CNC(=O)COCCN(C)S(=O)(=O)c2ccc(Cl)cc2Cl)CC1. The minimum Gasteiger partial charge on any atom is -0.370 e. The molecular weight excluding hydrogens is 552 g/mol. The summed E-state index contributed by atoms with van der Waals surface area (Å²) in [6.45, 7) is 0.577. The van der Waals surface area contributed by atoms with E-state index in [0.717, 1.165) is 35.6 Å². The zero-order chi connectivity index (χ0) is 27.9. The zero-order valence-electron chi connectivity index (χ0n) is 22.0. The summed E-state index contributed by atoms with van der Waals surface area (Å²) in [4.78, 5) is 14.4. The van der Waals surface area contributed by atoms with E-state index in [2.05, 4.69) is 24.3 Å². The highest BCUT2D eigenvalue weighted by Gasteiger charge is 2.30. The van der Waals surface area contributed by atoms with Crippen molar-refractivity contribution in [1.82, 2.24) is 14.5 Å². The summed E-state index contributed by atoms with van der Waals surface area (Å²) in [5, 5.41) is 3.33. The molecule has 1 fully saturated rings. The Bertz CT molecular complexity index is 1170. The quantitative estimate of drug-likeness (QED) is 0.354. The molecule has 7 nitrogen and oxygen atoms in total. The van der Waals surface area contributed by atoms with Gasteiger partial charge < -0.3 is 15.0 Å². The molecule has 3 rings (SSSR count). The van der Waals surface area contributed by atoms with Gasteiger partial charge in [-0.3, -0.25) is 4.79 Å². The first kappa shape index (κ1) is 30.8. The average Bonchev–Trinajstić information content (AvgIpc) is 2.87. The number of hydrogen-bond donors (Lipinski definition) is 1. The van der Waals surface area contributed by atoms with Crippen molar-refractivity contribution in [2.24, 2.45) is 11.8 Å². The highest BCUT2D eigenvalue weighted by atomic mass is 35.5. The Morgan fingerprint density at radius 2 is 1.74 bits per heavy atom. The largest absolute Gasteiger partial charge is 0.370 e. The molecule has 210 valence electrons. The number of ether oxygens (including phenoxy) is 1. The molecule has 1 atom stereocenters. The molecule has 0 radical (unpaired) electrons. The van der Waals surface area contributed by atoms with Crippen molar-refractivity contribution in [1.29, 1.82) is 0 Å². The van der Waals surface area contributed by atoms with Crippen LogP contribution in [0.25, 0.3) is 0 Å². The minimum atomic E-state index is -3.81. The molecule has 0 spiro atoms. The molecule has 38 heavy (non-hydrogen) atoms. The van der Waals surface area contributed by atoms with Gasteiger partial charge in [-0.1, -0.05) is 35.3 Å². The molecule has 11 heteroatoms. The standard InChI is InChI=1S/C27H36Cl2FN3O4S/c1-32(2)27(21-8-11-23(30)12-9-21)20-6-4-19(5-7-20)17-31-26(34)18-37-15-14-33(3)38(35,36)25-13-10-22(28)16-24(25)29/h8-13,16,19-20,27H,4-7,14-15,17-18H2,1-3H3,(H,31,34). The van der Waals surface area contributed by atoms with E-state index in [1.807, 2.05) is 12.1 Å². The Hall–Kier alpha value is -1.75. The van der Waals surface area contributed by atoms with E-state index in [-0.39, 0.29) is 47.4 Å². The topological polar surface area (TPSA) is 79.0 Å². The number of nitrogens with zero attached hydrogens (tertiary/aromatic N) is 2. The van der Waals surface area contributed by atoms with E-state index in [1.54, 1.807) is 0 Å². The van der Waals surface area contributed by atoms with Gasteiger partial charge in [0.15, 0.2) is 0 Å². The number of carbonyl (C=O) groups excluding carboxylic acids is 1. The summed E-state index contributed by atoms with van der Waals surface area (Å²) in [6, 6.07) is 11.2. The van der Waals surface area contributed by atoms with Gasteiger partial charge in [-0.05, 0) is 87.5 Å². The Morgan fingerprint density at radius 1 is 1.08 bits per heavy atom. The van der Waals surface area contributed by atoms with E-state index in [9.17, 15) is 17.6 Å². The van der Waals surface area contributed by atoms with Crippen LogP contribution in [-0.4, -0.2) is 71.0 Å². The third kappa shape index (κ3) is 8.37.